The Labute approximate surface area is 124 Å². The number of carbonyl (C=O) groups is 1. The Morgan fingerprint density at radius 2 is 2.10 bits per heavy atom. The molecule has 3 N–H and O–H groups in total. The van der Waals surface area contributed by atoms with Crippen molar-refractivity contribution in [1.82, 2.24) is 4.98 Å². The van der Waals surface area contributed by atoms with Crippen molar-refractivity contribution < 1.29 is 10.0 Å². The summed E-state index contributed by atoms with van der Waals surface area (Å²) in [5, 5.41) is 27.6. The molecule has 8 heteroatoms. The van der Waals surface area contributed by atoms with Crippen molar-refractivity contribution in [3.63, 3.8) is 0 Å². The highest BCUT2D eigenvalue weighted by molar-refractivity contribution is 7.14. The van der Waals surface area contributed by atoms with Gasteiger partial charge in [-0.3, -0.25) is 5.32 Å². The molecule has 0 aliphatic rings. The van der Waals surface area contributed by atoms with Gasteiger partial charge < -0.3 is 10.5 Å². The Kier molecular flexibility index (Phi) is 4.48. The van der Waals surface area contributed by atoms with Crippen LogP contribution in [0.1, 0.15) is 18.2 Å². The number of urea groups is 1. The van der Waals surface area contributed by atoms with Gasteiger partial charge in [0.2, 0.25) is 0 Å². The number of oxime groups is 1. The van der Waals surface area contributed by atoms with E-state index in [0.29, 0.717) is 27.8 Å². The second-order valence-electron chi connectivity index (χ2n) is 3.99. The molecule has 0 saturated carbocycles. The van der Waals surface area contributed by atoms with Gasteiger partial charge in [-0.15, -0.1) is 11.3 Å². The van der Waals surface area contributed by atoms with Gasteiger partial charge in [0.15, 0.2) is 5.13 Å². The molecule has 7 nitrogen and oxygen atoms in total. The quantitative estimate of drug-likeness (QED) is 0.460. The first-order valence-electron chi connectivity index (χ1n) is 5.85. The van der Waals surface area contributed by atoms with Gasteiger partial charge in [-0.25, -0.2) is 9.78 Å². The molecule has 0 aliphatic heterocycles. The molecular formula is C13H11N5O2S. The maximum absolute atomic E-state index is 11.8. The predicted molar refractivity (Wildman–Crippen MR) is 79.9 cm³/mol. The van der Waals surface area contributed by atoms with E-state index in [9.17, 15) is 4.79 Å². The second-order valence-corrected chi connectivity index (χ2v) is 4.85. The zero-order chi connectivity index (χ0) is 15.2. The number of benzene rings is 1. The van der Waals surface area contributed by atoms with E-state index < -0.39 is 6.03 Å². The van der Waals surface area contributed by atoms with Crippen molar-refractivity contribution in [2.45, 2.75) is 6.92 Å². The summed E-state index contributed by atoms with van der Waals surface area (Å²) >= 11 is 1.22. The lowest BCUT2D eigenvalue weighted by atomic mass is 10.2. The van der Waals surface area contributed by atoms with Gasteiger partial charge in [0.25, 0.3) is 0 Å². The summed E-state index contributed by atoms with van der Waals surface area (Å²) in [6.45, 7) is 1.61. The van der Waals surface area contributed by atoms with Crippen molar-refractivity contribution in [3.05, 3.63) is 40.9 Å². The molecule has 106 valence electrons. The minimum atomic E-state index is -0.445. The number of aromatic nitrogens is 1. The smallest absolute Gasteiger partial charge is 0.325 e. The number of thiazole rings is 1. The maximum atomic E-state index is 11.8. The van der Waals surface area contributed by atoms with Gasteiger partial charge in [0, 0.05) is 11.1 Å². The number of rotatable bonds is 3. The molecule has 0 unspecified atom stereocenters. The van der Waals surface area contributed by atoms with Gasteiger partial charge >= 0.3 is 6.03 Å². The third-order valence-corrected chi connectivity index (χ3v) is 3.27. The van der Waals surface area contributed by atoms with Crippen LogP contribution >= 0.6 is 11.3 Å². The average Bonchev–Trinajstić information content (AvgIpc) is 2.95. The molecule has 21 heavy (non-hydrogen) atoms. The van der Waals surface area contributed by atoms with E-state index in [1.807, 2.05) is 6.07 Å². The van der Waals surface area contributed by atoms with E-state index >= 15 is 0 Å². The summed E-state index contributed by atoms with van der Waals surface area (Å²) < 4.78 is 0. The first kappa shape index (κ1) is 14.5. The summed E-state index contributed by atoms with van der Waals surface area (Å²) in [5.41, 5.74) is 1.95. The van der Waals surface area contributed by atoms with Crippen LogP contribution in [0.4, 0.5) is 15.6 Å². The Bertz CT molecular complexity index is 715. The van der Waals surface area contributed by atoms with E-state index in [1.54, 1.807) is 36.6 Å². The van der Waals surface area contributed by atoms with E-state index in [4.69, 9.17) is 10.5 Å². The maximum Gasteiger partial charge on any atom is 0.325 e. The van der Waals surface area contributed by atoms with Crippen molar-refractivity contribution in [3.8, 4) is 6.07 Å². The second kappa shape index (κ2) is 6.49. The van der Waals surface area contributed by atoms with E-state index in [-0.39, 0.29) is 0 Å². The predicted octanol–water partition coefficient (Wildman–Crippen LogP) is 2.86. The molecule has 0 spiro atoms. The number of carbonyl (C=O) groups excluding carboxylic acids is 1. The summed E-state index contributed by atoms with van der Waals surface area (Å²) in [6, 6.07) is 8.04. The molecule has 1 aromatic heterocycles. The van der Waals surface area contributed by atoms with Gasteiger partial charge in [-0.05, 0) is 31.2 Å². The highest BCUT2D eigenvalue weighted by Gasteiger charge is 2.08. The number of nitrogens with one attached hydrogen (secondary N) is 2. The largest absolute Gasteiger partial charge is 0.411 e. The van der Waals surface area contributed by atoms with Crippen LogP contribution in [0.25, 0.3) is 0 Å². The number of nitrogens with zero attached hydrogens (tertiary/aromatic N) is 3. The molecule has 1 heterocycles. The monoisotopic (exact) mass is 301 g/mol. The first-order chi connectivity index (χ1) is 10.1. The molecule has 2 amide bonds. The van der Waals surface area contributed by atoms with Crippen LogP contribution in [-0.2, 0) is 0 Å². The number of hydrogen-bond acceptors (Lipinski definition) is 6. The molecule has 0 bridgehead atoms. The fourth-order valence-corrected chi connectivity index (χ4v) is 2.19. The third-order valence-electron chi connectivity index (χ3n) is 2.52. The molecule has 0 saturated heterocycles. The van der Waals surface area contributed by atoms with Gasteiger partial charge in [0.05, 0.1) is 11.6 Å². The standard InChI is InChI=1S/C13H11N5O2S/c1-8(18-20)11-7-21-13(16-11)17-12(19)15-10-4-2-9(6-14)3-5-10/h2-5,7,20H,1H3,(H2,15,16,17,19). The van der Waals surface area contributed by atoms with Crippen molar-refractivity contribution >= 4 is 33.9 Å². The molecule has 0 fully saturated rings. The van der Waals surface area contributed by atoms with E-state index in [2.05, 4.69) is 20.8 Å². The fourth-order valence-electron chi connectivity index (χ4n) is 1.44. The number of anilines is 2. The van der Waals surface area contributed by atoms with Crippen molar-refractivity contribution in [2.75, 3.05) is 10.6 Å². The van der Waals surface area contributed by atoms with Crippen LogP contribution in [0.15, 0.2) is 34.8 Å². The number of amides is 2. The topological polar surface area (TPSA) is 110 Å². The number of nitriles is 1. The molecule has 2 rings (SSSR count). The average molecular weight is 301 g/mol. The van der Waals surface area contributed by atoms with Gasteiger partial charge in [-0.2, -0.15) is 5.26 Å². The minimum Gasteiger partial charge on any atom is -0.411 e. The first-order valence-corrected chi connectivity index (χ1v) is 6.73. The summed E-state index contributed by atoms with van der Waals surface area (Å²) in [7, 11) is 0. The van der Waals surface area contributed by atoms with E-state index in [0.717, 1.165) is 0 Å². The minimum absolute atomic E-state index is 0.367. The molecule has 1 aromatic carbocycles. The number of hydrogen-bond donors (Lipinski definition) is 3. The lowest BCUT2D eigenvalue weighted by Gasteiger charge is -2.05. The summed E-state index contributed by atoms with van der Waals surface area (Å²) in [4.78, 5) is 15.9. The molecule has 0 radical (unpaired) electrons. The Morgan fingerprint density at radius 3 is 2.71 bits per heavy atom. The Morgan fingerprint density at radius 1 is 1.38 bits per heavy atom. The SMILES string of the molecule is CC(=NO)c1csc(NC(=O)Nc2ccc(C#N)cc2)n1. The third kappa shape index (κ3) is 3.77. The van der Waals surface area contributed by atoms with Gasteiger partial charge in [0.1, 0.15) is 11.4 Å². The zero-order valence-electron chi connectivity index (χ0n) is 11.0. The highest BCUT2D eigenvalue weighted by Crippen LogP contribution is 2.16. The Hall–Kier alpha value is -2.92. The molecule has 0 atom stereocenters. The normalized spacial score (nSPS) is 10.8. The van der Waals surface area contributed by atoms with E-state index in [1.165, 1.54) is 11.3 Å². The van der Waals surface area contributed by atoms with Crippen molar-refractivity contribution in [2.24, 2.45) is 5.16 Å². The molecular weight excluding hydrogens is 290 g/mol. The lowest BCUT2D eigenvalue weighted by molar-refractivity contribution is 0.262. The molecule has 2 aromatic rings. The highest BCUT2D eigenvalue weighted by atomic mass is 32.1. The van der Waals surface area contributed by atoms with Crippen molar-refractivity contribution in [1.29, 1.82) is 5.26 Å². The zero-order valence-corrected chi connectivity index (χ0v) is 11.8. The van der Waals surface area contributed by atoms with Crippen LogP contribution in [0.3, 0.4) is 0 Å². The van der Waals surface area contributed by atoms with Crippen LogP contribution < -0.4 is 10.6 Å². The summed E-state index contributed by atoms with van der Waals surface area (Å²) in [6.07, 6.45) is 0. The van der Waals surface area contributed by atoms with Crippen LogP contribution in [-0.4, -0.2) is 21.9 Å². The van der Waals surface area contributed by atoms with Crippen LogP contribution in [0, 0.1) is 11.3 Å². The Balaban J connectivity index is 1.98. The lowest BCUT2D eigenvalue weighted by Crippen LogP contribution is -2.19. The fraction of sp³-hybridized carbons (Fsp3) is 0.0769. The van der Waals surface area contributed by atoms with Crippen LogP contribution in [0.2, 0.25) is 0 Å². The van der Waals surface area contributed by atoms with Crippen LogP contribution in [0.5, 0.6) is 0 Å². The van der Waals surface area contributed by atoms with Gasteiger partial charge in [-0.1, -0.05) is 5.16 Å². The summed E-state index contributed by atoms with van der Waals surface area (Å²) in [5.74, 6) is 0. The molecule has 0 aliphatic carbocycles.